The summed E-state index contributed by atoms with van der Waals surface area (Å²) in [5, 5.41) is 18.1. The number of carbonyl (C=O) groups is 1. The van der Waals surface area contributed by atoms with Gasteiger partial charge in [-0.05, 0) is 76.3 Å². The first kappa shape index (κ1) is 23.2. The summed E-state index contributed by atoms with van der Waals surface area (Å²) in [6, 6.07) is 8.44. The minimum atomic E-state index is -1.14. The summed E-state index contributed by atoms with van der Waals surface area (Å²) < 4.78 is 22.3. The average Bonchev–Trinajstić information content (AvgIpc) is 3.21. The van der Waals surface area contributed by atoms with Crippen molar-refractivity contribution in [2.75, 3.05) is 21.3 Å². The van der Waals surface area contributed by atoms with Crippen molar-refractivity contribution in [1.82, 2.24) is 10.2 Å². The van der Waals surface area contributed by atoms with Crippen LogP contribution in [0.4, 0.5) is 0 Å². The minimum absolute atomic E-state index is 0.0173. The molecule has 8 nitrogen and oxygen atoms in total. The van der Waals surface area contributed by atoms with Crippen LogP contribution in [-0.2, 0) is 4.79 Å². The number of ether oxygens (including phenoxy) is 3. The van der Waals surface area contributed by atoms with Gasteiger partial charge in [0, 0.05) is 5.02 Å². The van der Waals surface area contributed by atoms with Crippen LogP contribution < -0.4 is 14.2 Å². The van der Waals surface area contributed by atoms with Crippen molar-refractivity contribution in [3.05, 3.63) is 49.4 Å². The van der Waals surface area contributed by atoms with Gasteiger partial charge in [0.1, 0.15) is 10.7 Å². The minimum Gasteiger partial charge on any atom is -0.496 e. The highest BCUT2D eigenvalue weighted by Crippen LogP contribution is 2.37. The zero-order valence-corrected chi connectivity index (χ0v) is 20.2. The fourth-order valence-corrected chi connectivity index (χ4v) is 4.30. The molecular formula is C20H16ClIN2O6S. The maximum Gasteiger partial charge on any atom is 0.342 e. The summed E-state index contributed by atoms with van der Waals surface area (Å²) in [5.41, 5.74) is 1.12. The number of methoxy groups -OCH3 is 3. The third-order valence-electron chi connectivity index (χ3n) is 3.96. The Hall–Kier alpha value is -2.44. The Kier molecular flexibility index (Phi) is 7.68. The summed E-state index contributed by atoms with van der Waals surface area (Å²) in [6.07, 6.45) is 1.49. The van der Waals surface area contributed by atoms with Crippen molar-refractivity contribution in [1.29, 1.82) is 0 Å². The molecule has 1 heterocycles. The van der Waals surface area contributed by atoms with E-state index in [0.717, 1.165) is 15.3 Å². The Bertz CT molecular complexity index is 1150. The van der Waals surface area contributed by atoms with Crippen molar-refractivity contribution in [2.45, 2.75) is 5.22 Å². The number of aromatic nitrogens is 2. The second-order valence-corrected chi connectivity index (χ2v) is 8.46. The molecule has 0 amide bonds. The van der Waals surface area contributed by atoms with Gasteiger partial charge in [0.15, 0.2) is 11.5 Å². The molecule has 31 heavy (non-hydrogen) atoms. The molecule has 0 unspecified atom stereocenters. The quantitative estimate of drug-likeness (QED) is 0.220. The fraction of sp³-hybridized carbons (Fsp3) is 0.150. The van der Waals surface area contributed by atoms with Gasteiger partial charge in [-0.25, -0.2) is 4.79 Å². The molecule has 0 saturated heterocycles. The van der Waals surface area contributed by atoms with Gasteiger partial charge in [-0.2, -0.15) is 0 Å². The van der Waals surface area contributed by atoms with Crippen LogP contribution in [0.25, 0.3) is 17.5 Å². The average molecular weight is 575 g/mol. The highest BCUT2D eigenvalue weighted by atomic mass is 127. The Balaban J connectivity index is 1.93. The van der Waals surface area contributed by atoms with Crippen LogP contribution >= 0.6 is 46.0 Å². The largest absolute Gasteiger partial charge is 0.496 e. The van der Waals surface area contributed by atoms with Gasteiger partial charge in [-0.1, -0.05) is 11.6 Å². The molecule has 0 radical (unpaired) electrons. The van der Waals surface area contributed by atoms with Gasteiger partial charge >= 0.3 is 5.97 Å². The number of thioether (sulfide) groups is 1. The van der Waals surface area contributed by atoms with E-state index in [9.17, 15) is 9.90 Å². The van der Waals surface area contributed by atoms with Gasteiger partial charge in [-0.15, -0.1) is 10.2 Å². The summed E-state index contributed by atoms with van der Waals surface area (Å²) in [4.78, 5) is 11.8. The number of carboxylic acid groups (broad SMARTS) is 1. The number of halogens is 2. The predicted octanol–water partition coefficient (Wildman–Crippen LogP) is 5.24. The lowest BCUT2D eigenvalue weighted by atomic mass is 10.2. The summed E-state index contributed by atoms with van der Waals surface area (Å²) >= 11 is 8.97. The number of hydrogen-bond acceptors (Lipinski definition) is 8. The number of hydrogen-bond donors (Lipinski definition) is 1. The maximum absolute atomic E-state index is 11.8. The zero-order valence-electron chi connectivity index (χ0n) is 16.5. The van der Waals surface area contributed by atoms with Crippen molar-refractivity contribution in [3.8, 4) is 28.7 Å². The summed E-state index contributed by atoms with van der Waals surface area (Å²) in [5.74, 6) is 0.575. The van der Waals surface area contributed by atoms with E-state index in [1.807, 2.05) is 0 Å². The van der Waals surface area contributed by atoms with Gasteiger partial charge in [-0.3, -0.25) is 0 Å². The first-order valence-electron chi connectivity index (χ1n) is 8.58. The lowest BCUT2D eigenvalue weighted by Gasteiger charge is -2.10. The van der Waals surface area contributed by atoms with E-state index in [-0.39, 0.29) is 16.0 Å². The molecule has 3 rings (SSSR count). The molecule has 0 aliphatic rings. The number of nitrogens with zero attached hydrogens (tertiary/aromatic N) is 2. The molecule has 0 saturated carbocycles. The Morgan fingerprint density at radius 3 is 2.52 bits per heavy atom. The highest BCUT2D eigenvalue weighted by molar-refractivity contribution is 14.1. The Morgan fingerprint density at radius 2 is 1.87 bits per heavy atom. The number of aliphatic carboxylic acids is 1. The summed E-state index contributed by atoms with van der Waals surface area (Å²) in [6.45, 7) is 0. The van der Waals surface area contributed by atoms with Crippen molar-refractivity contribution >= 4 is 58.0 Å². The second kappa shape index (κ2) is 10.2. The lowest BCUT2D eigenvalue weighted by Crippen LogP contribution is -1.98. The SMILES string of the molecule is COc1ccc(Cl)cc1-c1nnc(S/C(=C\c2cc(I)c(OC)c(OC)c2)C(=O)O)o1. The number of carboxylic acids is 1. The van der Waals surface area contributed by atoms with Crippen LogP contribution in [0.5, 0.6) is 17.2 Å². The second-order valence-electron chi connectivity index (χ2n) is 5.87. The van der Waals surface area contributed by atoms with Crippen LogP contribution in [-0.4, -0.2) is 42.6 Å². The van der Waals surface area contributed by atoms with Crippen LogP contribution in [0.1, 0.15) is 5.56 Å². The molecule has 2 aromatic carbocycles. The van der Waals surface area contributed by atoms with Gasteiger partial charge < -0.3 is 23.7 Å². The Labute approximate surface area is 200 Å². The molecule has 1 N–H and O–H groups in total. The predicted molar refractivity (Wildman–Crippen MR) is 125 cm³/mol. The van der Waals surface area contributed by atoms with Crippen molar-refractivity contribution < 1.29 is 28.5 Å². The summed E-state index contributed by atoms with van der Waals surface area (Å²) in [7, 11) is 4.56. The first-order valence-corrected chi connectivity index (χ1v) is 10.8. The van der Waals surface area contributed by atoms with E-state index in [4.69, 9.17) is 30.2 Å². The van der Waals surface area contributed by atoms with E-state index in [1.54, 1.807) is 30.3 Å². The van der Waals surface area contributed by atoms with Gasteiger partial charge in [0.2, 0.25) is 0 Å². The molecule has 11 heteroatoms. The van der Waals surface area contributed by atoms with Gasteiger partial charge in [0.05, 0.1) is 30.5 Å². The molecule has 0 aliphatic heterocycles. The lowest BCUT2D eigenvalue weighted by molar-refractivity contribution is -0.131. The first-order chi connectivity index (χ1) is 14.9. The van der Waals surface area contributed by atoms with Crippen LogP contribution in [0, 0.1) is 3.57 Å². The monoisotopic (exact) mass is 574 g/mol. The highest BCUT2D eigenvalue weighted by Gasteiger charge is 2.19. The third-order valence-corrected chi connectivity index (χ3v) is 5.85. The number of benzene rings is 2. The third kappa shape index (κ3) is 5.43. The normalized spacial score (nSPS) is 11.3. The molecule has 0 atom stereocenters. The smallest absolute Gasteiger partial charge is 0.342 e. The van der Waals surface area contributed by atoms with E-state index in [0.29, 0.717) is 33.4 Å². The Morgan fingerprint density at radius 1 is 1.13 bits per heavy atom. The molecule has 0 spiro atoms. The van der Waals surface area contributed by atoms with Crippen LogP contribution in [0.15, 0.2) is 44.9 Å². The maximum atomic E-state index is 11.8. The topological polar surface area (TPSA) is 104 Å². The molecular weight excluding hydrogens is 559 g/mol. The van der Waals surface area contributed by atoms with E-state index < -0.39 is 5.97 Å². The van der Waals surface area contributed by atoms with Crippen LogP contribution in [0.3, 0.4) is 0 Å². The van der Waals surface area contributed by atoms with Crippen LogP contribution in [0.2, 0.25) is 5.02 Å². The van der Waals surface area contributed by atoms with Crippen molar-refractivity contribution in [3.63, 3.8) is 0 Å². The molecule has 1 aromatic heterocycles. The molecule has 0 aliphatic carbocycles. The van der Waals surface area contributed by atoms with Crippen molar-refractivity contribution in [2.24, 2.45) is 0 Å². The zero-order chi connectivity index (χ0) is 22.5. The number of rotatable bonds is 8. The molecule has 0 bridgehead atoms. The molecule has 0 fully saturated rings. The van der Waals surface area contributed by atoms with E-state index in [2.05, 4.69) is 32.8 Å². The molecule has 3 aromatic rings. The van der Waals surface area contributed by atoms with Gasteiger partial charge in [0.25, 0.3) is 11.1 Å². The fourth-order valence-electron chi connectivity index (χ4n) is 2.61. The van der Waals surface area contributed by atoms with E-state index >= 15 is 0 Å². The standard InChI is InChI=1S/C20H16ClIN2O6S/c1-27-14-5-4-11(21)9-12(14)18-23-24-20(30-18)31-16(19(25)26)8-10-6-13(22)17(29-3)15(7-10)28-2/h4-9H,1-3H3,(H,25,26)/b16-8-. The van der Waals surface area contributed by atoms with E-state index in [1.165, 1.54) is 27.4 Å². The molecule has 162 valence electrons.